The van der Waals surface area contributed by atoms with E-state index in [-0.39, 0.29) is 17.6 Å². The second-order valence-corrected chi connectivity index (χ2v) is 6.09. The third-order valence-electron chi connectivity index (χ3n) is 4.54. The monoisotopic (exact) mass is 294 g/mol. The first kappa shape index (κ1) is 16.2. The largest absolute Gasteiger partial charge is 0.494 e. The predicted octanol–water partition coefficient (Wildman–Crippen LogP) is 3.49. The fraction of sp³-hybridized carbons (Fsp3) is 0.647. The van der Waals surface area contributed by atoms with Gasteiger partial charge in [-0.25, -0.2) is 4.39 Å². The van der Waals surface area contributed by atoms with Crippen molar-refractivity contribution in [3.63, 3.8) is 0 Å². The van der Waals surface area contributed by atoms with E-state index in [4.69, 9.17) is 10.5 Å². The summed E-state index contributed by atoms with van der Waals surface area (Å²) in [5.41, 5.74) is 7.08. The fourth-order valence-electron chi connectivity index (χ4n) is 3.18. The van der Waals surface area contributed by atoms with Crippen molar-refractivity contribution in [1.29, 1.82) is 0 Å². The second kappa shape index (κ2) is 7.76. The van der Waals surface area contributed by atoms with Crippen molar-refractivity contribution in [3.05, 3.63) is 29.6 Å². The highest BCUT2D eigenvalue weighted by Gasteiger charge is 2.20. The van der Waals surface area contributed by atoms with Gasteiger partial charge in [0.05, 0.1) is 7.11 Å². The molecule has 21 heavy (non-hydrogen) atoms. The molecule has 0 heterocycles. The lowest BCUT2D eigenvalue weighted by atomic mass is 10.0. The van der Waals surface area contributed by atoms with Gasteiger partial charge in [-0.2, -0.15) is 0 Å². The van der Waals surface area contributed by atoms with E-state index >= 15 is 0 Å². The Morgan fingerprint density at radius 1 is 1.29 bits per heavy atom. The first-order chi connectivity index (χ1) is 10.1. The lowest BCUT2D eigenvalue weighted by molar-refractivity contribution is 0.209. The SMILES string of the molecule is COc1ccc(C(N)CN(C)C2CCCCCC2)cc1F. The topological polar surface area (TPSA) is 38.5 Å². The summed E-state index contributed by atoms with van der Waals surface area (Å²) in [5, 5.41) is 0. The normalized spacial score (nSPS) is 18.5. The number of benzene rings is 1. The maximum absolute atomic E-state index is 13.8. The minimum atomic E-state index is -0.345. The Kier molecular flexibility index (Phi) is 6.00. The molecule has 1 aliphatic carbocycles. The van der Waals surface area contributed by atoms with Crippen LogP contribution < -0.4 is 10.5 Å². The Labute approximate surface area is 127 Å². The first-order valence-corrected chi connectivity index (χ1v) is 7.91. The van der Waals surface area contributed by atoms with Crippen LogP contribution in [0.25, 0.3) is 0 Å². The number of ether oxygens (including phenoxy) is 1. The second-order valence-electron chi connectivity index (χ2n) is 6.09. The van der Waals surface area contributed by atoms with E-state index in [0.29, 0.717) is 6.04 Å². The minimum absolute atomic E-state index is 0.168. The summed E-state index contributed by atoms with van der Waals surface area (Å²) in [6.07, 6.45) is 7.81. The fourth-order valence-corrected chi connectivity index (χ4v) is 3.18. The molecule has 1 saturated carbocycles. The Balaban J connectivity index is 1.96. The van der Waals surface area contributed by atoms with Crippen LogP contribution in [0, 0.1) is 5.82 Å². The Morgan fingerprint density at radius 3 is 2.52 bits per heavy atom. The van der Waals surface area contributed by atoms with Gasteiger partial charge in [0.25, 0.3) is 0 Å². The van der Waals surface area contributed by atoms with Crippen molar-refractivity contribution >= 4 is 0 Å². The molecule has 1 atom stereocenters. The predicted molar refractivity (Wildman–Crippen MR) is 84.0 cm³/mol. The minimum Gasteiger partial charge on any atom is -0.494 e. The molecule has 1 unspecified atom stereocenters. The molecule has 1 aromatic carbocycles. The summed E-state index contributed by atoms with van der Waals surface area (Å²) in [5.74, 6) is -0.0781. The summed E-state index contributed by atoms with van der Waals surface area (Å²) in [7, 11) is 3.60. The van der Waals surface area contributed by atoms with Crippen molar-refractivity contribution in [2.45, 2.75) is 50.6 Å². The van der Waals surface area contributed by atoms with Crippen LogP contribution in [0.4, 0.5) is 4.39 Å². The average molecular weight is 294 g/mol. The van der Waals surface area contributed by atoms with Gasteiger partial charge in [-0.05, 0) is 37.6 Å². The molecule has 1 aromatic rings. The molecular weight excluding hydrogens is 267 g/mol. The zero-order valence-corrected chi connectivity index (χ0v) is 13.1. The lowest BCUT2D eigenvalue weighted by Gasteiger charge is -2.29. The highest BCUT2D eigenvalue weighted by Crippen LogP contribution is 2.24. The molecule has 0 amide bonds. The van der Waals surface area contributed by atoms with Gasteiger partial charge in [0, 0.05) is 18.6 Å². The van der Waals surface area contributed by atoms with Crippen molar-refractivity contribution < 1.29 is 9.13 Å². The zero-order chi connectivity index (χ0) is 15.2. The van der Waals surface area contributed by atoms with E-state index in [1.165, 1.54) is 51.7 Å². The van der Waals surface area contributed by atoms with E-state index in [0.717, 1.165) is 12.1 Å². The van der Waals surface area contributed by atoms with E-state index < -0.39 is 0 Å². The van der Waals surface area contributed by atoms with E-state index in [1.807, 2.05) is 6.07 Å². The molecule has 0 aromatic heterocycles. The van der Waals surface area contributed by atoms with Gasteiger partial charge in [-0.1, -0.05) is 31.7 Å². The molecule has 0 spiro atoms. The third-order valence-corrected chi connectivity index (χ3v) is 4.54. The van der Waals surface area contributed by atoms with Crippen molar-refractivity contribution in [2.75, 3.05) is 20.7 Å². The molecule has 2 rings (SSSR count). The van der Waals surface area contributed by atoms with Crippen molar-refractivity contribution in [1.82, 2.24) is 4.90 Å². The number of likely N-dealkylation sites (N-methyl/N-ethyl adjacent to an activating group) is 1. The van der Waals surface area contributed by atoms with Crippen molar-refractivity contribution in [2.24, 2.45) is 5.73 Å². The van der Waals surface area contributed by atoms with Crippen LogP contribution in [0.1, 0.15) is 50.1 Å². The van der Waals surface area contributed by atoms with Crippen LogP contribution in [0.3, 0.4) is 0 Å². The first-order valence-electron chi connectivity index (χ1n) is 7.91. The number of rotatable bonds is 5. The van der Waals surface area contributed by atoms with Crippen LogP contribution in [0.15, 0.2) is 18.2 Å². The van der Waals surface area contributed by atoms with Crippen LogP contribution in [-0.4, -0.2) is 31.6 Å². The number of nitrogens with zero attached hydrogens (tertiary/aromatic N) is 1. The Morgan fingerprint density at radius 2 is 1.95 bits per heavy atom. The highest BCUT2D eigenvalue weighted by molar-refractivity contribution is 5.31. The lowest BCUT2D eigenvalue weighted by Crippen LogP contribution is -2.37. The molecule has 1 aliphatic rings. The average Bonchev–Trinajstić information content (AvgIpc) is 2.76. The van der Waals surface area contributed by atoms with Gasteiger partial charge in [0.15, 0.2) is 11.6 Å². The summed E-state index contributed by atoms with van der Waals surface area (Å²) in [4.78, 5) is 2.35. The van der Waals surface area contributed by atoms with Crippen molar-refractivity contribution in [3.8, 4) is 5.75 Å². The molecule has 0 aliphatic heterocycles. The number of halogens is 1. The van der Waals surface area contributed by atoms with Gasteiger partial charge in [0.1, 0.15) is 0 Å². The molecular formula is C17H27FN2O. The maximum atomic E-state index is 13.8. The van der Waals surface area contributed by atoms with Gasteiger partial charge in [0.2, 0.25) is 0 Å². The smallest absolute Gasteiger partial charge is 0.165 e. The number of hydrogen-bond acceptors (Lipinski definition) is 3. The molecule has 2 N–H and O–H groups in total. The number of methoxy groups -OCH3 is 1. The molecule has 1 fully saturated rings. The quantitative estimate of drug-likeness (QED) is 0.845. The van der Waals surface area contributed by atoms with Gasteiger partial charge in [-0.15, -0.1) is 0 Å². The summed E-state index contributed by atoms with van der Waals surface area (Å²) in [6, 6.07) is 5.44. The standard InChI is InChI=1S/C17H27FN2O/c1-20(14-7-5-3-4-6-8-14)12-16(19)13-9-10-17(21-2)15(18)11-13/h9-11,14,16H,3-8,12,19H2,1-2H3. The van der Waals surface area contributed by atoms with Crippen LogP contribution >= 0.6 is 0 Å². The van der Waals surface area contributed by atoms with Crippen LogP contribution in [0.5, 0.6) is 5.75 Å². The molecule has 0 bridgehead atoms. The molecule has 0 radical (unpaired) electrons. The van der Waals surface area contributed by atoms with Crippen LogP contribution in [0.2, 0.25) is 0 Å². The molecule has 3 nitrogen and oxygen atoms in total. The van der Waals surface area contributed by atoms with Gasteiger partial charge < -0.3 is 15.4 Å². The van der Waals surface area contributed by atoms with Crippen LogP contribution in [-0.2, 0) is 0 Å². The Hall–Kier alpha value is -1.13. The van der Waals surface area contributed by atoms with Gasteiger partial charge in [-0.3, -0.25) is 0 Å². The molecule has 118 valence electrons. The number of nitrogens with two attached hydrogens (primary N) is 1. The zero-order valence-electron chi connectivity index (χ0n) is 13.1. The summed E-state index contributed by atoms with van der Waals surface area (Å²) >= 11 is 0. The Bertz CT molecular complexity index is 444. The van der Waals surface area contributed by atoms with E-state index in [2.05, 4.69) is 11.9 Å². The third kappa shape index (κ3) is 4.42. The number of hydrogen-bond donors (Lipinski definition) is 1. The summed E-state index contributed by atoms with van der Waals surface area (Å²) < 4.78 is 18.7. The molecule has 4 heteroatoms. The maximum Gasteiger partial charge on any atom is 0.165 e. The van der Waals surface area contributed by atoms with E-state index in [1.54, 1.807) is 6.07 Å². The molecule has 0 saturated heterocycles. The van der Waals surface area contributed by atoms with Gasteiger partial charge >= 0.3 is 0 Å². The highest BCUT2D eigenvalue weighted by atomic mass is 19.1. The van der Waals surface area contributed by atoms with E-state index in [9.17, 15) is 4.39 Å². The summed E-state index contributed by atoms with van der Waals surface area (Å²) in [6.45, 7) is 0.760.